The number of hydrogen-bond donors (Lipinski definition) is 2. The largest absolute Gasteiger partial charge is 0.480 e. The van der Waals surface area contributed by atoms with Gasteiger partial charge in [0.25, 0.3) is 5.91 Å². The number of rotatable bonds is 8. The summed E-state index contributed by atoms with van der Waals surface area (Å²) in [6, 6.07) is 3.46. The third kappa shape index (κ3) is 5.29. The van der Waals surface area contributed by atoms with E-state index in [0.717, 1.165) is 25.7 Å². The number of benzene rings is 1. The first-order valence-corrected chi connectivity index (χ1v) is 10.9. The minimum Gasteiger partial charge on any atom is -0.480 e. The summed E-state index contributed by atoms with van der Waals surface area (Å²) in [5.41, 5.74) is 0.792. The molecule has 0 aromatic heterocycles. The van der Waals surface area contributed by atoms with Crippen LogP contribution in [-0.2, 0) is 14.8 Å². The number of hydrogen-bond acceptors (Lipinski definition) is 4. The Bertz CT molecular complexity index is 785. The van der Waals surface area contributed by atoms with Gasteiger partial charge >= 0.3 is 5.97 Å². The average Bonchev–Trinajstić information content (AvgIpc) is 2.65. The first kappa shape index (κ1) is 21.4. The molecule has 0 spiro atoms. The van der Waals surface area contributed by atoms with Gasteiger partial charge < -0.3 is 10.4 Å². The third-order valence-electron chi connectivity index (χ3n) is 4.86. The monoisotopic (exact) mass is 396 g/mol. The standard InChI is InChI=1S/C19H28N2O5S/c1-3-4-8-17(19(23)24)20-18(22)16-13-15(10-9-14(16)2)27(25,26)21-11-6-5-7-12-21/h9-10,13,17H,3-8,11-12H2,1-2H3,(H,20,22)(H,23,24). The maximum absolute atomic E-state index is 12.8. The van der Waals surface area contributed by atoms with Crippen molar-refractivity contribution < 1.29 is 23.1 Å². The lowest BCUT2D eigenvalue weighted by atomic mass is 10.1. The van der Waals surface area contributed by atoms with E-state index in [-0.39, 0.29) is 10.5 Å². The van der Waals surface area contributed by atoms with Crippen LogP contribution in [0.3, 0.4) is 0 Å². The molecular formula is C19H28N2O5S. The molecule has 1 aliphatic rings. The van der Waals surface area contributed by atoms with Crippen LogP contribution in [0, 0.1) is 6.92 Å². The molecule has 27 heavy (non-hydrogen) atoms. The maximum Gasteiger partial charge on any atom is 0.326 e. The van der Waals surface area contributed by atoms with Crippen LogP contribution >= 0.6 is 0 Å². The zero-order valence-corrected chi connectivity index (χ0v) is 16.7. The molecule has 1 aliphatic heterocycles. The first-order valence-electron chi connectivity index (χ1n) is 9.42. The zero-order chi connectivity index (χ0) is 20.0. The van der Waals surface area contributed by atoms with Gasteiger partial charge in [0.2, 0.25) is 10.0 Å². The highest BCUT2D eigenvalue weighted by atomic mass is 32.2. The van der Waals surface area contributed by atoms with Crippen molar-refractivity contribution in [2.24, 2.45) is 0 Å². The summed E-state index contributed by atoms with van der Waals surface area (Å²) in [7, 11) is -3.66. The number of nitrogens with zero attached hydrogens (tertiary/aromatic N) is 1. The number of unbranched alkanes of at least 4 members (excludes halogenated alkanes) is 1. The Morgan fingerprint density at radius 3 is 2.48 bits per heavy atom. The molecule has 1 amide bonds. The fraction of sp³-hybridized carbons (Fsp3) is 0.579. The maximum atomic E-state index is 12.8. The summed E-state index contributed by atoms with van der Waals surface area (Å²) in [5, 5.41) is 11.8. The number of aryl methyl sites for hydroxylation is 1. The van der Waals surface area contributed by atoms with Gasteiger partial charge in [-0.25, -0.2) is 13.2 Å². The van der Waals surface area contributed by atoms with Gasteiger partial charge in [-0.3, -0.25) is 4.79 Å². The Kier molecular flexibility index (Phi) is 7.38. The molecule has 1 saturated heterocycles. The Morgan fingerprint density at radius 2 is 1.89 bits per heavy atom. The van der Waals surface area contributed by atoms with Crippen molar-refractivity contribution in [3.05, 3.63) is 29.3 Å². The van der Waals surface area contributed by atoms with Crippen LogP contribution in [0.4, 0.5) is 0 Å². The number of sulfonamides is 1. The second kappa shape index (κ2) is 9.32. The van der Waals surface area contributed by atoms with Crippen LogP contribution in [0.1, 0.15) is 61.4 Å². The number of aliphatic carboxylic acids is 1. The second-order valence-electron chi connectivity index (χ2n) is 6.95. The highest BCUT2D eigenvalue weighted by Crippen LogP contribution is 2.23. The molecule has 0 radical (unpaired) electrons. The molecule has 0 bridgehead atoms. The van der Waals surface area contributed by atoms with Crippen molar-refractivity contribution in [3.63, 3.8) is 0 Å². The van der Waals surface area contributed by atoms with E-state index in [4.69, 9.17) is 0 Å². The Labute approximate surface area is 160 Å². The molecule has 1 aromatic rings. The number of piperidine rings is 1. The van der Waals surface area contributed by atoms with E-state index in [2.05, 4.69) is 5.32 Å². The Hall–Kier alpha value is -1.93. The Morgan fingerprint density at radius 1 is 1.22 bits per heavy atom. The number of nitrogens with one attached hydrogen (secondary N) is 1. The number of carboxylic acid groups (broad SMARTS) is 1. The lowest BCUT2D eigenvalue weighted by Gasteiger charge is -2.26. The van der Waals surface area contributed by atoms with Crippen molar-refractivity contribution in [2.75, 3.05) is 13.1 Å². The summed E-state index contributed by atoms with van der Waals surface area (Å²) in [6.45, 7) is 4.61. The van der Waals surface area contributed by atoms with Gasteiger partial charge in [-0.05, 0) is 43.9 Å². The molecule has 1 fully saturated rings. The van der Waals surface area contributed by atoms with Crippen molar-refractivity contribution in [3.8, 4) is 0 Å². The fourth-order valence-electron chi connectivity index (χ4n) is 3.16. The van der Waals surface area contributed by atoms with E-state index in [0.29, 0.717) is 31.5 Å². The summed E-state index contributed by atoms with van der Waals surface area (Å²) in [5.74, 6) is -1.65. The molecule has 7 nitrogen and oxygen atoms in total. The predicted octanol–water partition coefficient (Wildman–Crippen LogP) is 2.54. The Balaban J connectivity index is 2.25. The van der Waals surface area contributed by atoms with Crippen LogP contribution in [-0.4, -0.2) is 48.8 Å². The summed E-state index contributed by atoms with van der Waals surface area (Å²) in [6.07, 6.45) is 4.51. The fourth-order valence-corrected chi connectivity index (χ4v) is 4.71. The summed E-state index contributed by atoms with van der Waals surface area (Å²) in [4.78, 5) is 24.1. The molecule has 2 N–H and O–H groups in total. The summed E-state index contributed by atoms with van der Waals surface area (Å²) >= 11 is 0. The molecule has 2 rings (SSSR count). The van der Waals surface area contributed by atoms with E-state index >= 15 is 0 Å². The SMILES string of the molecule is CCCCC(NC(=O)c1cc(S(=O)(=O)N2CCCCC2)ccc1C)C(=O)O. The van der Waals surface area contributed by atoms with Gasteiger partial charge in [0, 0.05) is 18.7 Å². The van der Waals surface area contributed by atoms with Crippen LogP contribution < -0.4 is 5.32 Å². The minimum absolute atomic E-state index is 0.0700. The highest BCUT2D eigenvalue weighted by Gasteiger charge is 2.28. The number of carbonyl (C=O) groups excluding carboxylic acids is 1. The molecule has 1 unspecified atom stereocenters. The van der Waals surface area contributed by atoms with Gasteiger partial charge in [0.05, 0.1) is 4.90 Å². The van der Waals surface area contributed by atoms with Crippen molar-refractivity contribution in [1.82, 2.24) is 9.62 Å². The quantitative estimate of drug-likeness (QED) is 0.703. The molecular weight excluding hydrogens is 368 g/mol. The molecule has 1 heterocycles. The highest BCUT2D eigenvalue weighted by molar-refractivity contribution is 7.89. The second-order valence-corrected chi connectivity index (χ2v) is 8.89. The molecule has 0 aliphatic carbocycles. The number of carbonyl (C=O) groups is 2. The molecule has 150 valence electrons. The van der Waals surface area contributed by atoms with Crippen LogP contribution in [0.5, 0.6) is 0 Å². The van der Waals surface area contributed by atoms with Gasteiger partial charge in [-0.1, -0.05) is 32.3 Å². The van der Waals surface area contributed by atoms with Gasteiger partial charge in [-0.2, -0.15) is 4.31 Å². The minimum atomic E-state index is -3.66. The lowest BCUT2D eigenvalue weighted by Crippen LogP contribution is -2.41. The van der Waals surface area contributed by atoms with Gasteiger partial charge in [0.15, 0.2) is 0 Å². The lowest BCUT2D eigenvalue weighted by molar-refractivity contribution is -0.139. The van der Waals surface area contributed by atoms with Crippen LogP contribution in [0.25, 0.3) is 0 Å². The van der Waals surface area contributed by atoms with Crippen LogP contribution in [0.15, 0.2) is 23.1 Å². The van der Waals surface area contributed by atoms with Gasteiger partial charge in [-0.15, -0.1) is 0 Å². The topological polar surface area (TPSA) is 104 Å². The average molecular weight is 397 g/mol. The summed E-state index contributed by atoms with van der Waals surface area (Å²) < 4.78 is 27.1. The van der Waals surface area contributed by atoms with E-state index in [1.54, 1.807) is 13.0 Å². The number of amides is 1. The molecule has 0 saturated carbocycles. The molecule has 8 heteroatoms. The van der Waals surface area contributed by atoms with E-state index in [1.807, 2.05) is 6.92 Å². The van der Waals surface area contributed by atoms with Crippen molar-refractivity contribution in [2.45, 2.75) is 63.3 Å². The third-order valence-corrected chi connectivity index (χ3v) is 6.75. The van der Waals surface area contributed by atoms with Gasteiger partial charge in [0.1, 0.15) is 6.04 Å². The molecule has 1 atom stereocenters. The predicted molar refractivity (Wildman–Crippen MR) is 102 cm³/mol. The normalized spacial score (nSPS) is 16.7. The smallest absolute Gasteiger partial charge is 0.326 e. The van der Waals surface area contributed by atoms with E-state index in [9.17, 15) is 23.1 Å². The van der Waals surface area contributed by atoms with E-state index in [1.165, 1.54) is 16.4 Å². The first-order chi connectivity index (χ1) is 12.8. The molecule has 1 aromatic carbocycles. The number of carboxylic acids is 1. The van der Waals surface area contributed by atoms with Crippen molar-refractivity contribution >= 4 is 21.9 Å². The zero-order valence-electron chi connectivity index (χ0n) is 15.9. The van der Waals surface area contributed by atoms with Crippen molar-refractivity contribution in [1.29, 1.82) is 0 Å². The van der Waals surface area contributed by atoms with E-state index < -0.39 is 27.9 Å². The van der Waals surface area contributed by atoms with Crippen LogP contribution in [0.2, 0.25) is 0 Å².